The number of hydrogen-bond acceptors (Lipinski definition) is 4. The van der Waals surface area contributed by atoms with Crippen molar-refractivity contribution in [1.82, 2.24) is 13.9 Å². The summed E-state index contributed by atoms with van der Waals surface area (Å²) in [6.07, 6.45) is 4.38. The first-order valence-corrected chi connectivity index (χ1v) is 10.6. The van der Waals surface area contributed by atoms with E-state index in [1.165, 1.54) is 16.8 Å². The van der Waals surface area contributed by atoms with Crippen LogP contribution in [0.3, 0.4) is 0 Å². The monoisotopic (exact) mass is 390 g/mol. The second-order valence-electron chi connectivity index (χ2n) is 7.11. The fraction of sp³-hybridized carbons (Fsp3) is 0.474. The van der Waals surface area contributed by atoms with Crippen molar-refractivity contribution in [3.63, 3.8) is 0 Å². The van der Waals surface area contributed by atoms with Crippen molar-refractivity contribution in [2.45, 2.75) is 45.2 Å². The molecular formula is C19H26N4O3S. The second-order valence-corrected chi connectivity index (χ2v) is 9.00. The normalized spacial score (nSPS) is 18.4. The van der Waals surface area contributed by atoms with Crippen LogP contribution in [0.4, 0.5) is 5.69 Å². The van der Waals surface area contributed by atoms with Crippen molar-refractivity contribution < 1.29 is 13.2 Å². The minimum atomic E-state index is -3.68. The molecule has 27 heavy (non-hydrogen) atoms. The predicted octanol–water partition coefficient (Wildman–Crippen LogP) is 2.56. The molecule has 7 nitrogen and oxygen atoms in total. The van der Waals surface area contributed by atoms with E-state index in [0.29, 0.717) is 25.9 Å². The smallest absolute Gasteiger partial charge is 0.262 e. The molecule has 8 heteroatoms. The van der Waals surface area contributed by atoms with E-state index in [-0.39, 0.29) is 23.4 Å². The third kappa shape index (κ3) is 4.39. The lowest BCUT2D eigenvalue weighted by atomic mass is 9.98. The van der Waals surface area contributed by atoms with E-state index in [1.54, 1.807) is 4.57 Å². The Kier molecular flexibility index (Phi) is 5.67. The number of aromatic nitrogens is 2. The quantitative estimate of drug-likeness (QED) is 0.850. The molecule has 146 valence electrons. The van der Waals surface area contributed by atoms with Crippen LogP contribution in [0.25, 0.3) is 0 Å². The number of aryl methyl sites for hydroxylation is 3. The number of hydrogen-bond donors (Lipinski definition) is 1. The van der Waals surface area contributed by atoms with Crippen LogP contribution in [0.5, 0.6) is 0 Å². The van der Waals surface area contributed by atoms with Gasteiger partial charge in [-0.25, -0.2) is 13.4 Å². The van der Waals surface area contributed by atoms with Crippen LogP contribution in [-0.4, -0.2) is 41.3 Å². The van der Waals surface area contributed by atoms with E-state index in [9.17, 15) is 13.2 Å². The molecule has 1 aromatic heterocycles. The standard InChI is InChI=1S/C19H26N4O3S/c1-4-22-12-18(20-13-22)27(25,26)23-7-5-6-16(11-23)19(24)21-17-9-14(2)8-15(3)10-17/h8-10,12-13,16H,4-7,11H2,1-3H3,(H,21,24)/t16-/m1/s1. The van der Waals surface area contributed by atoms with Crippen molar-refractivity contribution in [2.24, 2.45) is 5.92 Å². The van der Waals surface area contributed by atoms with Gasteiger partial charge in [-0.2, -0.15) is 4.31 Å². The van der Waals surface area contributed by atoms with Gasteiger partial charge in [0, 0.05) is 31.5 Å². The maximum absolute atomic E-state index is 12.9. The molecule has 1 N–H and O–H groups in total. The van der Waals surface area contributed by atoms with Crippen LogP contribution < -0.4 is 5.32 Å². The Labute approximate surface area is 160 Å². The highest BCUT2D eigenvalue weighted by molar-refractivity contribution is 7.89. The Morgan fingerprint density at radius 1 is 1.26 bits per heavy atom. The number of amides is 1. The van der Waals surface area contributed by atoms with Gasteiger partial charge in [-0.15, -0.1) is 0 Å². The zero-order valence-corrected chi connectivity index (χ0v) is 16.8. The topological polar surface area (TPSA) is 84.3 Å². The van der Waals surface area contributed by atoms with Gasteiger partial charge in [0.15, 0.2) is 5.03 Å². The van der Waals surface area contributed by atoms with Crippen LogP contribution in [-0.2, 0) is 21.4 Å². The number of carbonyl (C=O) groups excluding carboxylic acids is 1. The summed E-state index contributed by atoms with van der Waals surface area (Å²) in [7, 11) is -3.68. The van der Waals surface area contributed by atoms with Gasteiger partial charge in [0.2, 0.25) is 5.91 Å². The van der Waals surface area contributed by atoms with Crippen LogP contribution >= 0.6 is 0 Å². The zero-order valence-electron chi connectivity index (χ0n) is 16.0. The van der Waals surface area contributed by atoms with Crippen LogP contribution in [0.15, 0.2) is 35.7 Å². The summed E-state index contributed by atoms with van der Waals surface area (Å²) in [4.78, 5) is 16.7. The van der Waals surface area contributed by atoms with Gasteiger partial charge in [-0.3, -0.25) is 4.79 Å². The number of piperidine rings is 1. The Morgan fingerprint density at radius 3 is 2.59 bits per heavy atom. The minimum absolute atomic E-state index is 0.0414. The number of nitrogens with one attached hydrogen (secondary N) is 1. The minimum Gasteiger partial charge on any atom is -0.336 e. The Morgan fingerprint density at radius 2 is 1.96 bits per heavy atom. The molecule has 1 aromatic carbocycles. The summed E-state index contributed by atoms with van der Waals surface area (Å²) in [5.74, 6) is -0.512. The molecule has 2 heterocycles. The first-order chi connectivity index (χ1) is 12.8. The fourth-order valence-electron chi connectivity index (χ4n) is 3.44. The van der Waals surface area contributed by atoms with E-state index in [1.807, 2.05) is 39.0 Å². The van der Waals surface area contributed by atoms with Gasteiger partial charge in [0.05, 0.1) is 12.2 Å². The van der Waals surface area contributed by atoms with Gasteiger partial charge in [-0.1, -0.05) is 6.07 Å². The first kappa shape index (κ1) is 19.6. The lowest BCUT2D eigenvalue weighted by molar-refractivity contribution is -0.120. The van der Waals surface area contributed by atoms with Crippen LogP contribution in [0.1, 0.15) is 30.9 Å². The van der Waals surface area contributed by atoms with E-state index >= 15 is 0 Å². The van der Waals surface area contributed by atoms with Gasteiger partial charge in [0.25, 0.3) is 10.0 Å². The number of anilines is 1. The Hall–Kier alpha value is -2.19. The molecule has 1 saturated heterocycles. The van der Waals surface area contributed by atoms with E-state index in [4.69, 9.17) is 0 Å². The fourth-order valence-corrected chi connectivity index (χ4v) is 4.90. The summed E-state index contributed by atoms with van der Waals surface area (Å²) >= 11 is 0. The van der Waals surface area contributed by atoms with Crippen molar-refractivity contribution in [3.05, 3.63) is 41.9 Å². The third-order valence-corrected chi connectivity index (χ3v) is 6.57. The Bertz CT molecular complexity index is 916. The second kappa shape index (κ2) is 7.82. The van der Waals surface area contributed by atoms with Crippen LogP contribution in [0.2, 0.25) is 0 Å². The number of carbonyl (C=O) groups is 1. The highest BCUT2D eigenvalue weighted by atomic mass is 32.2. The molecule has 0 saturated carbocycles. The maximum Gasteiger partial charge on any atom is 0.262 e. The van der Waals surface area contributed by atoms with Crippen molar-refractivity contribution in [3.8, 4) is 0 Å². The Balaban J connectivity index is 1.72. The van der Waals surface area contributed by atoms with E-state index < -0.39 is 10.0 Å². The number of benzene rings is 1. The highest BCUT2D eigenvalue weighted by Crippen LogP contribution is 2.24. The molecule has 0 unspecified atom stereocenters. The summed E-state index contributed by atoms with van der Waals surface area (Å²) < 4.78 is 28.8. The molecule has 1 aliphatic heterocycles. The number of rotatable bonds is 5. The summed E-state index contributed by atoms with van der Waals surface area (Å²) in [6, 6.07) is 5.87. The lowest BCUT2D eigenvalue weighted by Gasteiger charge is -2.30. The zero-order chi connectivity index (χ0) is 19.6. The van der Waals surface area contributed by atoms with E-state index in [2.05, 4.69) is 10.3 Å². The average molecular weight is 391 g/mol. The van der Waals surface area contributed by atoms with Gasteiger partial charge < -0.3 is 9.88 Å². The molecule has 0 spiro atoms. The molecular weight excluding hydrogens is 364 g/mol. The lowest BCUT2D eigenvalue weighted by Crippen LogP contribution is -2.43. The number of imidazole rings is 1. The maximum atomic E-state index is 12.9. The van der Waals surface area contributed by atoms with E-state index in [0.717, 1.165) is 16.8 Å². The summed E-state index contributed by atoms with van der Waals surface area (Å²) in [5, 5.41) is 2.98. The molecule has 2 aromatic rings. The SMILES string of the molecule is CCn1cnc(S(=O)(=O)N2CCC[C@@H](C(=O)Nc3cc(C)cc(C)c3)C2)c1. The first-order valence-electron chi connectivity index (χ1n) is 9.20. The van der Waals surface area contributed by atoms with Gasteiger partial charge in [-0.05, 0) is 56.9 Å². The molecule has 1 amide bonds. The molecule has 1 atom stereocenters. The summed E-state index contributed by atoms with van der Waals surface area (Å²) in [6.45, 7) is 7.13. The number of sulfonamides is 1. The highest BCUT2D eigenvalue weighted by Gasteiger charge is 2.34. The largest absolute Gasteiger partial charge is 0.336 e. The molecule has 0 aliphatic carbocycles. The molecule has 0 radical (unpaired) electrons. The molecule has 1 aliphatic rings. The predicted molar refractivity (Wildman–Crippen MR) is 104 cm³/mol. The van der Waals surface area contributed by atoms with Crippen molar-refractivity contribution >= 4 is 21.6 Å². The molecule has 0 bridgehead atoms. The van der Waals surface area contributed by atoms with Gasteiger partial charge in [0.1, 0.15) is 0 Å². The molecule has 1 fully saturated rings. The van der Waals surface area contributed by atoms with Crippen molar-refractivity contribution in [2.75, 3.05) is 18.4 Å². The van der Waals surface area contributed by atoms with Crippen molar-refractivity contribution in [1.29, 1.82) is 0 Å². The molecule has 3 rings (SSSR count). The average Bonchev–Trinajstić information content (AvgIpc) is 3.11. The van der Waals surface area contributed by atoms with Gasteiger partial charge >= 0.3 is 0 Å². The van der Waals surface area contributed by atoms with Crippen LogP contribution in [0, 0.1) is 19.8 Å². The number of nitrogens with zero attached hydrogens (tertiary/aromatic N) is 3. The third-order valence-electron chi connectivity index (χ3n) is 4.82. The summed E-state index contributed by atoms with van der Waals surface area (Å²) in [5.41, 5.74) is 2.90.